The van der Waals surface area contributed by atoms with Crippen LogP contribution in [0.3, 0.4) is 0 Å². The van der Waals surface area contributed by atoms with Crippen LogP contribution in [0.4, 0.5) is 0 Å². The zero-order valence-corrected chi connectivity index (χ0v) is 28.5. The number of alkyl halides is 4. The van der Waals surface area contributed by atoms with Gasteiger partial charge in [-0.2, -0.15) is 0 Å². The summed E-state index contributed by atoms with van der Waals surface area (Å²) in [6.07, 6.45) is 11.0. The van der Waals surface area contributed by atoms with Gasteiger partial charge in [0, 0.05) is 18.8 Å². The van der Waals surface area contributed by atoms with Gasteiger partial charge in [0.2, 0.25) is 0 Å². The normalized spacial score (nSPS) is 50.1. The first-order chi connectivity index (χ1) is 15.8. The van der Waals surface area contributed by atoms with Gasteiger partial charge < -0.3 is 5.11 Å². The third kappa shape index (κ3) is 4.43. The van der Waals surface area contributed by atoms with Gasteiger partial charge >= 0.3 is 0 Å². The summed E-state index contributed by atoms with van der Waals surface area (Å²) in [5.74, 6) is 5.36. The molecule has 4 aliphatic carbocycles. The Hall–Kier alpha value is 1.88. The Morgan fingerprint density at radius 3 is 2.24 bits per heavy atom. The first-order valence-electron chi connectivity index (χ1n) is 14.1. The molecule has 0 saturated heterocycles. The molecule has 34 heavy (non-hydrogen) atoms. The number of hydrogen-bond donors (Lipinski definition) is 1. The quantitative estimate of drug-likeness (QED) is 0.270. The summed E-state index contributed by atoms with van der Waals surface area (Å²) in [5, 5.41) is 10.6. The van der Waals surface area contributed by atoms with Gasteiger partial charge in [-0.15, -0.1) is 0 Å². The monoisotopic (exact) mass is 728 g/mol. The van der Waals surface area contributed by atoms with E-state index in [4.69, 9.17) is 0 Å². The summed E-state index contributed by atoms with van der Waals surface area (Å²) < 4.78 is 0.0357. The molecule has 0 aliphatic heterocycles. The average Bonchev–Trinajstić information content (AvgIpc) is 3.12. The molecule has 0 aromatic rings. The Balaban J connectivity index is 1.56. The van der Waals surface area contributed by atoms with Crippen LogP contribution < -0.4 is 0 Å². The van der Waals surface area contributed by atoms with Crippen LogP contribution in [-0.2, 0) is 0 Å². The fourth-order valence-electron chi connectivity index (χ4n) is 9.88. The predicted molar refractivity (Wildman–Crippen MR) is 161 cm³/mol. The standard InChI is InChI=1S/C29H48Br4O/c1-7-19(16(2)3)26(32)25(31)17(4)21-8-9-22-20-14-24(30)29(33)15-18(34)10-13-28(29,6)23(20)11-12-27(21,22)5/h16-26,34H,7-15H2,1-6H3. The van der Waals surface area contributed by atoms with Gasteiger partial charge in [-0.25, -0.2) is 0 Å². The minimum absolute atomic E-state index is 0.0357. The topological polar surface area (TPSA) is 20.2 Å². The highest BCUT2D eigenvalue weighted by atomic mass is 79.9. The van der Waals surface area contributed by atoms with Crippen molar-refractivity contribution in [3.8, 4) is 0 Å². The number of aliphatic hydroxyl groups excluding tert-OH is 1. The van der Waals surface area contributed by atoms with Crippen molar-refractivity contribution in [3.05, 3.63) is 0 Å². The van der Waals surface area contributed by atoms with Crippen LogP contribution in [0.15, 0.2) is 0 Å². The van der Waals surface area contributed by atoms with E-state index in [1.165, 1.54) is 38.5 Å². The van der Waals surface area contributed by atoms with E-state index in [1.807, 2.05) is 0 Å². The number of aliphatic hydroxyl groups is 1. The van der Waals surface area contributed by atoms with E-state index < -0.39 is 0 Å². The van der Waals surface area contributed by atoms with Crippen LogP contribution >= 0.6 is 63.7 Å². The highest BCUT2D eigenvalue weighted by molar-refractivity contribution is 9.12. The highest BCUT2D eigenvalue weighted by Gasteiger charge is 2.67. The van der Waals surface area contributed by atoms with E-state index in [0.717, 1.165) is 42.9 Å². The second kappa shape index (κ2) is 10.5. The lowest BCUT2D eigenvalue weighted by atomic mass is 9.44. The van der Waals surface area contributed by atoms with Gasteiger partial charge in [0.25, 0.3) is 0 Å². The lowest BCUT2D eigenvalue weighted by Crippen LogP contribution is -2.64. The molecular formula is C29H48Br4O. The molecule has 13 unspecified atom stereocenters. The molecule has 0 heterocycles. The number of halogens is 4. The van der Waals surface area contributed by atoms with E-state index in [2.05, 4.69) is 105 Å². The van der Waals surface area contributed by atoms with E-state index in [-0.39, 0.29) is 15.8 Å². The Morgan fingerprint density at radius 1 is 0.941 bits per heavy atom. The molecule has 4 rings (SSSR count). The summed E-state index contributed by atoms with van der Waals surface area (Å²) in [7, 11) is 0. The largest absolute Gasteiger partial charge is 0.393 e. The summed E-state index contributed by atoms with van der Waals surface area (Å²) in [4.78, 5) is 1.52. The van der Waals surface area contributed by atoms with Crippen molar-refractivity contribution in [1.82, 2.24) is 0 Å². The van der Waals surface area contributed by atoms with Gasteiger partial charge in [0.05, 0.1) is 6.10 Å². The summed E-state index contributed by atoms with van der Waals surface area (Å²) in [6, 6.07) is 0. The molecule has 198 valence electrons. The van der Waals surface area contributed by atoms with Crippen molar-refractivity contribution in [2.45, 2.75) is 124 Å². The Labute approximate surface area is 243 Å². The highest BCUT2D eigenvalue weighted by Crippen LogP contribution is 2.71. The fourth-order valence-corrected chi connectivity index (χ4v) is 14.3. The molecule has 13 atom stereocenters. The number of fused-ring (bicyclic) bond motifs is 5. The fraction of sp³-hybridized carbons (Fsp3) is 1.00. The van der Waals surface area contributed by atoms with Crippen molar-refractivity contribution >= 4 is 63.7 Å². The van der Waals surface area contributed by atoms with Crippen molar-refractivity contribution in [1.29, 1.82) is 0 Å². The molecule has 4 saturated carbocycles. The van der Waals surface area contributed by atoms with Gasteiger partial charge in [0.1, 0.15) is 0 Å². The number of hydrogen-bond acceptors (Lipinski definition) is 1. The van der Waals surface area contributed by atoms with Crippen molar-refractivity contribution in [2.24, 2.45) is 52.3 Å². The van der Waals surface area contributed by atoms with Crippen LogP contribution in [0, 0.1) is 52.3 Å². The molecule has 5 heteroatoms. The molecule has 0 aromatic carbocycles. The molecule has 0 bridgehead atoms. The summed E-state index contributed by atoms with van der Waals surface area (Å²) >= 11 is 16.8. The van der Waals surface area contributed by atoms with Gasteiger partial charge in [-0.3, -0.25) is 0 Å². The minimum atomic E-state index is -0.152. The Kier molecular flexibility index (Phi) is 8.88. The molecule has 0 spiro atoms. The van der Waals surface area contributed by atoms with E-state index in [0.29, 0.717) is 37.7 Å². The van der Waals surface area contributed by atoms with E-state index >= 15 is 0 Å². The average molecular weight is 732 g/mol. The zero-order chi connectivity index (χ0) is 25.2. The lowest BCUT2D eigenvalue weighted by Gasteiger charge is -2.66. The maximum absolute atomic E-state index is 10.6. The molecule has 4 fully saturated rings. The van der Waals surface area contributed by atoms with Crippen LogP contribution in [0.2, 0.25) is 0 Å². The summed E-state index contributed by atoms with van der Waals surface area (Å²) in [6.45, 7) is 14.9. The van der Waals surface area contributed by atoms with E-state index in [1.54, 1.807) is 0 Å². The molecule has 1 nitrogen and oxygen atoms in total. The van der Waals surface area contributed by atoms with Crippen molar-refractivity contribution < 1.29 is 5.11 Å². The summed E-state index contributed by atoms with van der Waals surface area (Å²) in [5.41, 5.74) is 0.737. The Morgan fingerprint density at radius 2 is 1.62 bits per heavy atom. The third-order valence-electron chi connectivity index (χ3n) is 12.0. The SMILES string of the molecule is CCC(C(C)C)C(Br)C(Br)C(C)C1CCC2C3CC(Br)C4(Br)CC(O)CCC4(C)C3CCC12C. The van der Waals surface area contributed by atoms with Crippen molar-refractivity contribution in [2.75, 3.05) is 0 Å². The first-order valence-corrected chi connectivity index (χ1v) is 17.6. The first kappa shape index (κ1) is 28.9. The van der Waals surface area contributed by atoms with Crippen molar-refractivity contribution in [3.63, 3.8) is 0 Å². The van der Waals surface area contributed by atoms with Crippen LogP contribution in [0.25, 0.3) is 0 Å². The molecule has 0 radical (unpaired) electrons. The van der Waals surface area contributed by atoms with Crippen LogP contribution in [0.5, 0.6) is 0 Å². The van der Waals surface area contributed by atoms with Gasteiger partial charge in [-0.05, 0) is 104 Å². The number of rotatable bonds is 6. The second-order valence-electron chi connectivity index (χ2n) is 13.5. The maximum atomic E-state index is 10.6. The minimum Gasteiger partial charge on any atom is -0.393 e. The molecule has 0 amide bonds. The lowest BCUT2D eigenvalue weighted by molar-refractivity contribution is -0.111. The molecule has 1 N–H and O–H groups in total. The van der Waals surface area contributed by atoms with Gasteiger partial charge in [0.15, 0.2) is 0 Å². The van der Waals surface area contributed by atoms with Crippen LogP contribution in [0.1, 0.15) is 99.3 Å². The Bertz CT molecular complexity index is 731. The maximum Gasteiger partial charge on any atom is 0.0554 e. The van der Waals surface area contributed by atoms with Gasteiger partial charge in [-0.1, -0.05) is 112 Å². The predicted octanol–water partition coefficient (Wildman–Crippen LogP) is 9.74. The molecule has 4 aliphatic rings. The third-order valence-corrected chi connectivity index (χ3v) is 18.9. The molecular weight excluding hydrogens is 684 g/mol. The van der Waals surface area contributed by atoms with Crippen LogP contribution in [-0.4, -0.2) is 30.0 Å². The zero-order valence-electron chi connectivity index (χ0n) is 22.2. The van der Waals surface area contributed by atoms with E-state index in [9.17, 15) is 5.11 Å². The smallest absolute Gasteiger partial charge is 0.0554 e. The molecule has 0 aromatic heterocycles. The second-order valence-corrected chi connectivity index (χ2v) is 18.2.